The number of hydrogen-bond acceptors (Lipinski definition) is 6. The third-order valence-electron chi connectivity index (χ3n) is 3.48. The lowest BCUT2D eigenvalue weighted by atomic mass is 10.1. The number of esters is 2. The number of Topliss-reactive ketones (excluding diaryl/α,β-unsaturated/α-hetero) is 1. The van der Waals surface area contributed by atoms with E-state index in [0.717, 1.165) is 0 Å². The second kappa shape index (κ2) is 5.08. The van der Waals surface area contributed by atoms with Gasteiger partial charge in [-0.1, -0.05) is 0 Å². The normalized spacial score (nSPS) is 27.8. The highest BCUT2D eigenvalue weighted by atomic mass is 19.4. The fraction of sp³-hybridized carbons (Fsp3) is 0.727. The quantitative estimate of drug-likeness (QED) is 0.420. The first kappa shape index (κ1) is 17.5. The molecule has 0 amide bonds. The van der Waals surface area contributed by atoms with Crippen LogP contribution in [0.4, 0.5) is 26.3 Å². The predicted octanol–water partition coefficient (Wildman–Crippen LogP) is 0.939. The molecule has 0 radical (unpaired) electrons. The van der Waals surface area contributed by atoms with Gasteiger partial charge in [-0.25, -0.2) is 9.69 Å². The summed E-state index contributed by atoms with van der Waals surface area (Å²) in [6, 6.07) is -4.67. The Kier molecular flexibility index (Phi) is 3.86. The molecular formula is C11H9F6NO5. The Morgan fingerprint density at radius 3 is 2.22 bits per heavy atom. The molecule has 0 bridgehead atoms. The Morgan fingerprint density at radius 2 is 1.78 bits per heavy atom. The van der Waals surface area contributed by atoms with Gasteiger partial charge < -0.3 is 9.47 Å². The number of alkyl halides is 6. The summed E-state index contributed by atoms with van der Waals surface area (Å²) in [5, 5.41) is 0. The van der Waals surface area contributed by atoms with Crippen molar-refractivity contribution in [3.8, 4) is 0 Å². The number of hydrogen-bond donors (Lipinski definition) is 0. The van der Waals surface area contributed by atoms with Crippen molar-refractivity contribution in [3.63, 3.8) is 0 Å². The van der Waals surface area contributed by atoms with Crippen LogP contribution in [-0.4, -0.2) is 59.4 Å². The largest absolute Gasteiger partial charge is 0.464 e. The Labute approximate surface area is 124 Å². The molecule has 2 atom stereocenters. The molecule has 0 spiro atoms. The van der Waals surface area contributed by atoms with Crippen molar-refractivity contribution in [2.45, 2.75) is 43.5 Å². The number of carbonyl (C=O) groups excluding carboxylic acids is 3. The summed E-state index contributed by atoms with van der Waals surface area (Å²) in [7, 11) is 0. The molecule has 12 heteroatoms. The minimum atomic E-state index is -6.12. The van der Waals surface area contributed by atoms with Crippen molar-refractivity contribution in [1.82, 2.24) is 4.90 Å². The van der Waals surface area contributed by atoms with Gasteiger partial charge >= 0.3 is 30.0 Å². The summed E-state index contributed by atoms with van der Waals surface area (Å²) in [5.74, 6) is -4.75. The fourth-order valence-electron chi connectivity index (χ4n) is 2.64. The molecule has 0 saturated carbocycles. The third kappa shape index (κ3) is 2.26. The molecule has 23 heavy (non-hydrogen) atoms. The summed E-state index contributed by atoms with van der Waals surface area (Å²) in [6.45, 7) is 0.877. The Morgan fingerprint density at radius 1 is 1.26 bits per heavy atom. The average molecular weight is 349 g/mol. The van der Waals surface area contributed by atoms with Crippen LogP contribution in [0, 0.1) is 0 Å². The minimum absolute atomic E-state index is 0.374. The topological polar surface area (TPSA) is 72.9 Å². The number of nitrogens with zero attached hydrogens (tertiary/aromatic N) is 1. The van der Waals surface area contributed by atoms with Gasteiger partial charge in [0, 0.05) is 6.42 Å². The second-order valence-electron chi connectivity index (χ2n) is 4.81. The number of fused-ring (bicyclic) bond motifs is 1. The Balaban J connectivity index is 2.63. The number of ketones is 1. The van der Waals surface area contributed by atoms with Gasteiger partial charge in [-0.05, 0) is 6.92 Å². The summed E-state index contributed by atoms with van der Waals surface area (Å²) < 4.78 is 87.0. The van der Waals surface area contributed by atoms with Gasteiger partial charge in [0.25, 0.3) is 0 Å². The van der Waals surface area contributed by atoms with Crippen LogP contribution in [0.5, 0.6) is 0 Å². The van der Waals surface area contributed by atoms with E-state index >= 15 is 0 Å². The molecule has 2 aliphatic rings. The fourth-order valence-corrected chi connectivity index (χ4v) is 2.64. The summed E-state index contributed by atoms with van der Waals surface area (Å²) in [5.41, 5.74) is -5.06. The number of ether oxygens (including phenoxy) is 2. The molecule has 0 aromatic heterocycles. The van der Waals surface area contributed by atoms with Crippen molar-refractivity contribution >= 4 is 17.7 Å². The molecule has 0 N–H and O–H groups in total. The molecule has 6 nitrogen and oxygen atoms in total. The molecule has 130 valence electrons. The Bertz CT molecular complexity index is 542. The van der Waals surface area contributed by atoms with E-state index in [-0.39, 0.29) is 6.61 Å². The van der Waals surface area contributed by atoms with Crippen molar-refractivity contribution in [1.29, 1.82) is 0 Å². The standard InChI is InChI=1S/C11H9F6NO5/c1-2-22-8(21)6-5(19)3-4-7(20)23-9(18(4)6,10(12,13)14)11(15,16)17/h4,6H,2-3H2,1H3/t4-,6-/m0/s1. The van der Waals surface area contributed by atoms with Crippen molar-refractivity contribution < 1.29 is 50.2 Å². The van der Waals surface area contributed by atoms with Crippen molar-refractivity contribution in [2.24, 2.45) is 0 Å². The number of rotatable bonds is 2. The van der Waals surface area contributed by atoms with Gasteiger partial charge in [0.05, 0.1) is 6.61 Å². The molecule has 2 rings (SSSR count). The van der Waals surface area contributed by atoms with Crippen molar-refractivity contribution in [3.05, 3.63) is 0 Å². The van der Waals surface area contributed by atoms with Crippen LogP contribution in [0.15, 0.2) is 0 Å². The first-order valence-electron chi connectivity index (χ1n) is 6.22. The molecule has 0 aromatic carbocycles. The van der Waals surface area contributed by atoms with Gasteiger partial charge in [-0.3, -0.25) is 9.59 Å². The number of carbonyl (C=O) groups is 3. The molecule has 0 unspecified atom stereocenters. The summed E-state index contributed by atoms with van der Waals surface area (Å²) >= 11 is 0. The molecule has 2 saturated heterocycles. The van der Waals surface area contributed by atoms with Crippen LogP contribution in [-0.2, 0) is 23.9 Å². The van der Waals surface area contributed by atoms with Crippen LogP contribution in [0.2, 0.25) is 0 Å². The maximum atomic E-state index is 13.2. The van der Waals surface area contributed by atoms with Crippen molar-refractivity contribution in [2.75, 3.05) is 6.61 Å². The van der Waals surface area contributed by atoms with E-state index in [9.17, 15) is 40.7 Å². The highest BCUT2D eigenvalue weighted by Crippen LogP contribution is 2.55. The molecule has 2 heterocycles. The zero-order valence-electron chi connectivity index (χ0n) is 11.3. The van der Waals surface area contributed by atoms with E-state index in [2.05, 4.69) is 9.47 Å². The monoisotopic (exact) mass is 349 g/mol. The lowest BCUT2D eigenvalue weighted by molar-refractivity contribution is -0.402. The van der Waals surface area contributed by atoms with Crippen LogP contribution >= 0.6 is 0 Å². The van der Waals surface area contributed by atoms with E-state index in [1.165, 1.54) is 6.92 Å². The highest BCUT2D eigenvalue weighted by molar-refractivity contribution is 6.08. The zero-order chi connectivity index (χ0) is 17.8. The molecule has 2 aliphatic heterocycles. The van der Waals surface area contributed by atoms with Gasteiger partial charge in [0.2, 0.25) is 0 Å². The van der Waals surface area contributed by atoms with E-state index in [1.807, 2.05) is 0 Å². The number of cyclic esters (lactones) is 1. The molecule has 2 fully saturated rings. The second-order valence-corrected chi connectivity index (χ2v) is 4.81. The lowest BCUT2D eigenvalue weighted by Gasteiger charge is -2.39. The SMILES string of the molecule is CCOC(=O)[C@@H]1C(=O)C[C@H]2C(=O)OC(C(F)(F)F)(C(F)(F)F)N12. The van der Waals surface area contributed by atoms with Crippen LogP contribution < -0.4 is 0 Å². The van der Waals surface area contributed by atoms with E-state index in [4.69, 9.17) is 0 Å². The average Bonchev–Trinajstić information content (AvgIpc) is 2.83. The van der Waals surface area contributed by atoms with Crippen LogP contribution in [0.3, 0.4) is 0 Å². The van der Waals surface area contributed by atoms with E-state index in [1.54, 1.807) is 0 Å². The minimum Gasteiger partial charge on any atom is -0.464 e. The summed E-state index contributed by atoms with van der Waals surface area (Å²) in [4.78, 5) is 34.3. The van der Waals surface area contributed by atoms with Crippen LogP contribution in [0.25, 0.3) is 0 Å². The zero-order valence-corrected chi connectivity index (χ0v) is 11.3. The van der Waals surface area contributed by atoms with Gasteiger partial charge in [0.1, 0.15) is 6.04 Å². The lowest BCUT2D eigenvalue weighted by Crippen LogP contribution is -2.69. The maximum Gasteiger partial charge on any atom is 0.453 e. The predicted molar refractivity (Wildman–Crippen MR) is 56.6 cm³/mol. The number of halogens is 6. The van der Waals surface area contributed by atoms with E-state index in [0.29, 0.717) is 0 Å². The summed E-state index contributed by atoms with van der Waals surface area (Å²) in [6.07, 6.45) is -13.2. The Hall–Kier alpha value is -1.85. The molecule has 0 aromatic rings. The van der Waals surface area contributed by atoms with Gasteiger partial charge in [-0.15, -0.1) is 0 Å². The first-order valence-corrected chi connectivity index (χ1v) is 6.22. The highest BCUT2D eigenvalue weighted by Gasteiger charge is 2.85. The third-order valence-corrected chi connectivity index (χ3v) is 3.48. The van der Waals surface area contributed by atoms with E-state index < -0.39 is 59.2 Å². The molecule has 0 aliphatic carbocycles. The van der Waals surface area contributed by atoms with Crippen LogP contribution in [0.1, 0.15) is 13.3 Å². The maximum absolute atomic E-state index is 13.2. The first-order chi connectivity index (χ1) is 10.4. The van der Waals surface area contributed by atoms with Gasteiger partial charge in [0.15, 0.2) is 11.8 Å². The van der Waals surface area contributed by atoms with Gasteiger partial charge in [-0.2, -0.15) is 26.3 Å². The smallest absolute Gasteiger partial charge is 0.453 e. The molecular weight excluding hydrogens is 340 g/mol.